The molecule has 0 fully saturated rings. The fourth-order valence-corrected chi connectivity index (χ4v) is 1.75. The van der Waals surface area contributed by atoms with Crippen LogP contribution in [0.15, 0.2) is 36.4 Å². The highest BCUT2D eigenvalue weighted by Gasteiger charge is 2.25. The Morgan fingerprint density at radius 2 is 1.61 bits per heavy atom. The minimum Gasteiger partial charge on any atom is -0.508 e. The predicted octanol–water partition coefficient (Wildman–Crippen LogP) is 1.02. The van der Waals surface area contributed by atoms with E-state index in [2.05, 4.69) is 0 Å². The second kappa shape index (κ2) is 4.64. The van der Waals surface area contributed by atoms with Gasteiger partial charge in [0.25, 0.3) is 0 Å². The summed E-state index contributed by atoms with van der Waals surface area (Å²) in [4.78, 5) is 10.6. The maximum atomic E-state index is 10.6. The number of phenolic OH excluding ortho intramolecular Hbond substituents is 1. The van der Waals surface area contributed by atoms with Crippen LogP contribution in [-0.4, -0.2) is 32.5 Å². The van der Waals surface area contributed by atoms with E-state index >= 15 is 0 Å². The molecule has 0 spiro atoms. The molecular weight excluding hydrogens is 236 g/mol. The molecule has 0 aromatic heterocycles. The van der Waals surface area contributed by atoms with Gasteiger partial charge in [0.15, 0.2) is 6.10 Å². The van der Waals surface area contributed by atoms with E-state index in [0.717, 1.165) is 10.8 Å². The van der Waals surface area contributed by atoms with Gasteiger partial charge in [0.2, 0.25) is 0 Å². The topological polar surface area (TPSA) is 98.0 Å². The quantitative estimate of drug-likeness (QED) is 0.650. The minimum absolute atomic E-state index is 0.126. The number of hydrogen-bond donors (Lipinski definition) is 4. The van der Waals surface area contributed by atoms with Crippen molar-refractivity contribution in [3.8, 4) is 5.75 Å². The number of carbonyl (C=O) groups is 1. The van der Waals surface area contributed by atoms with Gasteiger partial charge in [-0.3, -0.25) is 0 Å². The van der Waals surface area contributed by atoms with Crippen molar-refractivity contribution in [1.82, 2.24) is 0 Å². The van der Waals surface area contributed by atoms with Crippen LogP contribution in [0.25, 0.3) is 10.8 Å². The number of aliphatic hydroxyl groups excluding tert-OH is 2. The zero-order chi connectivity index (χ0) is 13.3. The fourth-order valence-electron chi connectivity index (χ4n) is 1.75. The number of aromatic hydroxyl groups is 1. The molecule has 2 aromatic carbocycles. The number of benzene rings is 2. The van der Waals surface area contributed by atoms with Gasteiger partial charge in [-0.25, -0.2) is 4.79 Å². The molecule has 2 aromatic rings. The number of aliphatic hydroxyl groups is 2. The van der Waals surface area contributed by atoms with Gasteiger partial charge in [-0.1, -0.05) is 18.2 Å². The zero-order valence-electron chi connectivity index (χ0n) is 9.32. The first-order valence-corrected chi connectivity index (χ1v) is 5.30. The van der Waals surface area contributed by atoms with Crippen molar-refractivity contribution in [1.29, 1.82) is 0 Å². The highest BCUT2D eigenvalue weighted by molar-refractivity contribution is 5.84. The van der Waals surface area contributed by atoms with Crippen LogP contribution < -0.4 is 0 Å². The number of carboxylic acid groups (broad SMARTS) is 1. The molecular formula is C13H12O5. The van der Waals surface area contributed by atoms with Crippen molar-refractivity contribution in [2.75, 3.05) is 0 Å². The van der Waals surface area contributed by atoms with Crippen molar-refractivity contribution in [2.24, 2.45) is 0 Å². The summed E-state index contributed by atoms with van der Waals surface area (Å²) in [5.41, 5.74) is 0.308. The molecule has 94 valence electrons. The Labute approximate surface area is 103 Å². The van der Waals surface area contributed by atoms with Crippen LogP contribution in [0.4, 0.5) is 0 Å². The van der Waals surface area contributed by atoms with E-state index in [1.54, 1.807) is 24.3 Å². The summed E-state index contributed by atoms with van der Waals surface area (Å²) in [7, 11) is 0. The maximum Gasteiger partial charge on any atom is 0.335 e. The number of fused-ring (bicyclic) bond motifs is 1. The van der Waals surface area contributed by atoms with E-state index in [0.29, 0.717) is 5.56 Å². The van der Waals surface area contributed by atoms with Crippen molar-refractivity contribution >= 4 is 16.7 Å². The highest BCUT2D eigenvalue weighted by Crippen LogP contribution is 2.25. The summed E-state index contributed by atoms with van der Waals surface area (Å²) in [5.74, 6) is -1.35. The lowest BCUT2D eigenvalue weighted by atomic mass is 10.0. The molecule has 0 amide bonds. The third-order valence-corrected chi connectivity index (χ3v) is 2.74. The largest absolute Gasteiger partial charge is 0.508 e. The lowest BCUT2D eigenvalue weighted by Crippen LogP contribution is -2.27. The summed E-state index contributed by atoms with van der Waals surface area (Å²) in [6, 6.07) is 9.42. The molecule has 0 aliphatic rings. The van der Waals surface area contributed by atoms with E-state index in [1.807, 2.05) is 0 Å². The van der Waals surface area contributed by atoms with Crippen LogP contribution in [0.5, 0.6) is 5.75 Å². The SMILES string of the molecule is O=C(O)C(O)C(O)c1ccc2cc(O)ccc2c1. The van der Waals surface area contributed by atoms with Gasteiger partial charge in [0.05, 0.1) is 0 Å². The molecule has 0 bridgehead atoms. The second-order valence-electron chi connectivity index (χ2n) is 4.02. The van der Waals surface area contributed by atoms with E-state index < -0.39 is 18.2 Å². The highest BCUT2D eigenvalue weighted by atomic mass is 16.4. The second-order valence-corrected chi connectivity index (χ2v) is 4.02. The lowest BCUT2D eigenvalue weighted by molar-refractivity contribution is -0.153. The summed E-state index contributed by atoms with van der Waals surface area (Å²) >= 11 is 0. The van der Waals surface area contributed by atoms with Crippen LogP contribution in [0.2, 0.25) is 0 Å². The minimum atomic E-state index is -1.86. The van der Waals surface area contributed by atoms with Gasteiger partial charge in [-0.05, 0) is 34.5 Å². The monoisotopic (exact) mass is 248 g/mol. The van der Waals surface area contributed by atoms with Crippen LogP contribution in [0.3, 0.4) is 0 Å². The Kier molecular flexibility index (Phi) is 3.18. The standard InChI is InChI=1S/C13H12O5/c14-10-4-3-7-5-9(2-1-8(7)6-10)11(15)12(16)13(17)18/h1-6,11-12,14-16H,(H,17,18). The summed E-state index contributed by atoms with van der Waals surface area (Å²) in [6.45, 7) is 0. The Hall–Kier alpha value is -2.11. The van der Waals surface area contributed by atoms with Crippen LogP contribution in [0, 0.1) is 0 Å². The molecule has 0 aliphatic carbocycles. The van der Waals surface area contributed by atoms with Gasteiger partial charge >= 0.3 is 5.97 Å². The molecule has 2 rings (SSSR count). The average Bonchev–Trinajstić information content (AvgIpc) is 2.36. The van der Waals surface area contributed by atoms with Gasteiger partial charge in [-0.2, -0.15) is 0 Å². The number of carboxylic acids is 1. The molecule has 0 aliphatic heterocycles. The molecule has 18 heavy (non-hydrogen) atoms. The molecule has 5 nitrogen and oxygen atoms in total. The molecule has 0 radical (unpaired) electrons. The third-order valence-electron chi connectivity index (χ3n) is 2.74. The first-order valence-electron chi connectivity index (χ1n) is 5.30. The van der Waals surface area contributed by atoms with Crippen molar-refractivity contribution < 1.29 is 25.2 Å². The average molecular weight is 248 g/mol. The summed E-state index contributed by atoms with van der Waals surface area (Å²) in [5, 5.41) is 38.4. The summed E-state index contributed by atoms with van der Waals surface area (Å²) < 4.78 is 0. The molecule has 2 atom stereocenters. The van der Waals surface area contributed by atoms with Gasteiger partial charge in [-0.15, -0.1) is 0 Å². The molecule has 0 saturated carbocycles. The van der Waals surface area contributed by atoms with E-state index in [1.165, 1.54) is 12.1 Å². The van der Waals surface area contributed by atoms with Crippen molar-refractivity contribution in [3.63, 3.8) is 0 Å². The predicted molar refractivity (Wildman–Crippen MR) is 64.2 cm³/mol. The van der Waals surface area contributed by atoms with Crippen molar-refractivity contribution in [2.45, 2.75) is 12.2 Å². The van der Waals surface area contributed by atoms with E-state index in [9.17, 15) is 20.1 Å². The van der Waals surface area contributed by atoms with Crippen LogP contribution in [0.1, 0.15) is 11.7 Å². The molecule has 0 heterocycles. The Morgan fingerprint density at radius 3 is 2.28 bits per heavy atom. The Morgan fingerprint density at radius 1 is 1.00 bits per heavy atom. The van der Waals surface area contributed by atoms with Gasteiger partial charge < -0.3 is 20.4 Å². The van der Waals surface area contributed by atoms with Gasteiger partial charge in [0, 0.05) is 0 Å². The van der Waals surface area contributed by atoms with Gasteiger partial charge in [0.1, 0.15) is 11.9 Å². The number of hydrogen-bond acceptors (Lipinski definition) is 4. The zero-order valence-corrected chi connectivity index (χ0v) is 9.32. The molecule has 2 unspecified atom stereocenters. The molecule has 5 heteroatoms. The normalized spacial score (nSPS) is 14.3. The smallest absolute Gasteiger partial charge is 0.335 e. The third kappa shape index (κ3) is 2.27. The van der Waals surface area contributed by atoms with Crippen LogP contribution >= 0.6 is 0 Å². The fraction of sp³-hybridized carbons (Fsp3) is 0.154. The lowest BCUT2D eigenvalue weighted by Gasteiger charge is -2.14. The number of rotatable bonds is 3. The first kappa shape index (κ1) is 12.3. The number of phenols is 1. The van der Waals surface area contributed by atoms with Crippen LogP contribution in [-0.2, 0) is 4.79 Å². The van der Waals surface area contributed by atoms with Crippen molar-refractivity contribution in [3.05, 3.63) is 42.0 Å². The maximum absolute atomic E-state index is 10.6. The summed E-state index contributed by atoms with van der Waals surface area (Å²) in [6.07, 6.45) is -3.35. The van der Waals surface area contributed by atoms with E-state index in [4.69, 9.17) is 5.11 Å². The van der Waals surface area contributed by atoms with E-state index in [-0.39, 0.29) is 5.75 Å². The molecule has 0 saturated heterocycles. The Bertz CT molecular complexity index is 593. The molecule has 4 N–H and O–H groups in total. The first-order chi connectivity index (χ1) is 8.49. The Balaban J connectivity index is 2.41. The number of aliphatic carboxylic acids is 1.